The minimum atomic E-state index is -4.61. The van der Waals surface area contributed by atoms with Crippen molar-refractivity contribution in [2.24, 2.45) is 5.92 Å². The number of rotatable bonds is 3. The molecule has 2 nitrogen and oxygen atoms in total. The molecule has 92 valence electrons. The number of hydrogen-bond acceptors (Lipinski definition) is 2. The Bertz CT molecular complexity index is 414. The summed E-state index contributed by atoms with van der Waals surface area (Å²) in [4.78, 5) is 0. The first kappa shape index (κ1) is 13.3. The van der Waals surface area contributed by atoms with E-state index >= 15 is 0 Å². The molecule has 17 heavy (non-hydrogen) atoms. The Hall–Kier alpha value is -1.77. The van der Waals surface area contributed by atoms with Gasteiger partial charge in [0.1, 0.15) is 5.82 Å². The molecule has 1 unspecified atom stereocenters. The lowest BCUT2D eigenvalue weighted by molar-refractivity contribution is -0.155. The molecule has 0 aliphatic heterocycles. The molecule has 0 heterocycles. The molecule has 1 N–H and O–H groups in total. The predicted molar refractivity (Wildman–Crippen MR) is 54.8 cm³/mol. The average Bonchev–Trinajstić information content (AvgIpc) is 2.20. The van der Waals surface area contributed by atoms with Gasteiger partial charge in [-0.15, -0.1) is 0 Å². The number of para-hydroxylation sites is 1. The number of aryl methyl sites for hydroxylation is 1. The minimum absolute atomic E-state index is 0.00278. The second-order valence-electron chi connectivity index (χ2n) is 3.54. The molecule has 0 amide bonds. The first-order chi connectivity index (χ1) is 7.86. The normalized spacial score (nSPS) is 12.9. The van der Waals surface area contributed by atoms with Gasteiger partial charge in [-0.05, 0) is 18.6 Å². The number of nitriles is 1. The fourth-order valence-corrected chi connectivity index (χ4v) is 1.29. The number of anilines is 1. The van der Waals surface area contributed by atoms with E-state index in [9.17, 15) is 17.6 Å². The van der Waals surface area contributed by atoms with Gasteiger partial charge in [-0.2, -0.15) is 18.4 Å². The van der Waals surface area contributed by atoms with Crippen molar-refractivity contribution in [3.63, 3.8) is 0 Å². The molecule has 0 aromatic heterocycles. The minimum Gasteiger partial charge on any atom is -0.381 e. The van der Waals surface area contributed by atoms with Gasteiger partial charge in [-0.3, -0.25) is 0 Å². The van der Waals surface area contributed by atoms with Crippen LogP contribution in [0.25, 0.3) is 0 Å². The summed E-state index contributed by atoms with van der Waals surface area (Å²) >= 11 is 0. The van der Waals surface area contributed by atoms with E-state index in [0.29, 0.717) is 5.56 Å². The summed E-state index contributed by atoms with van der Waals surface area (Å²) < 4.78 is 50.1. The maximum absolute atomic E-state index is 13.3. The standard InChI is InChI=1S/C11H10F4N2/c1-7-3-2-4-9(12)10(7)17-6-8(5-16)11(13,14)15/h2-4,8,17H,6H2,1H3. The lowest BCUT2D eigenvalue weighted by Gasteiger charge is -2.16. The fourth-order valence-electron chi connectivity index (χ4n) is 1.29. The topological polar surface area (TPSA) is 35.8 Å². The molecule has 1 aromatic rings. The van der Waals surface area contributed by atoms with Crippen LogP contribution in [0, 0.1) is 30.0 Å². The Morgan fingerprint density at radius 1 is 1.41 bits per heavy atom. The molecule has 0 spiro atoms. The van der Waals surface area contributed by atoms with Crippen molar-refractivity contribution < 1.29 is 17.6 Å². The van der Waals surface area contributed by atoms with Crippen LogP contribution < -0.4 is 5.32 Å². The third kappa shape index (κ3) is 3.34. The number of nitrogens with one attached hydrogen (secondary N) is 1. The van der Waals surface area contributed by atoms with Crippen molar-refractivity contribution in [1.29, 1.82) is 5.26 Å². The van der Waals surface area contributed by atoms with Crippen LogP contribution in [-0.2, 0) is 0 Å². The fraction of sp³-hybridized carbons (Fsp3) is 0.364. The summed E-state index contributed by atoms with van der Waals surface area (Å²) in [7, 11) is 0. The van der Waals surface area contributed by atoms with Crippen molar-refractivity contribution in [3.8, 4) is 6.07 Å². The Morgan fingerprint density at radius 3 is 2.53 bits per heavy atom. The van der Waals surface area contributed by atoms with Gasteiger partial charge in [0.15, 0.2) is 5.92 Å². The lowest BCUT2D eigenvalue weighted by Crippen LogP contribution is -2.28. The molecule has 1 aromatic carbocycles. The zero-order valence-electron chi connectivity index (χ0n) is 8.98. The maximum atomic E-state index is 13.3. The molecule has 0 saturated carbocycles. The van der Waals surface area contributed by atoms with E-state index in [2.05, 4.69) is 5.32 Å². The molecule has 6 heteroatoms. The number of alkyl halides is 3. The quantitative estimate of drug-likeness (QED) is 0.831. The molecule has 0 aliphatic rings. The SMILES string of the molecule is Cc1cccc(F)c1NCC(C#N)C(F)(F)F. The van der Waals surface area contributed by atoms with Crippen molar-refractivity contribution in [1.82, 2.24) is 0 Å². The molecule has 0 bridgehead atoms. The van der Waals surface area contributed by atoms with Crippen molar-refractivity contribution in [2.75, 3.05) is 11.9 Å². The number of hydrogen-bond donors (Lipinski definition) is 1. The van der Waals surface area contributed by atoms with Crippen LogP contribution in [0.1, 0.15) is 5.56 Å². The van der Waals surface area contributed by atoms with Crippen LogP contribution in [0.4, 0.5) is 23.2 Å². The summed E-state index contributed by atoms with van der Waals surface area (Å²) in [6.45, 7) is 0.905. The molecule has 0 radical (unpaired) electrons. The summed E-state index contributed by atoms with van der Waals surface area (Å²) in [6.07, 6.45) is -4.61. The van der Waals surface area contributed by atoms with E-state index in [4.69, 9.17) is 5.26 Å². The van der Waals surface area contributed by atoms with Gasteiger partial charge >= 0.3 is 6.18 Å². The summed E-state index contributed by atoms with van der Waals surface area (Å²) in [6, 6.07) is 5.31. The Balaban J connectivity index is 2.78. The van der Waals surface area contributed by atoms with Crippen LogP contribution in [0.3, 0.4) is 0 Å². The summed E-state index contributed by atoms with van der Waals surface area (Å²) in [5, 5.41) is 10.7. The monoisotopic (exact) mass is 246 g/mol. The first-order valence-electron chi connectivity index (χ1n) is 4.81. The molecule has 1 atom stereocenters. The van der Waals surface area contributed by atoms with Crippen LogP contribution in [-0.4, -0.2) is 12.7 Å². The van der Waals surface area contributed by atoms with Crippen LogP contribution >= 0.6 is 0 Å². The van der Waals surface area contributed by atoms with Crippen molar-refractivity contribution in [3.05, 3.63) is 29.6 Å². The molecule has 0 aliphatic carbocycles. The van der Waals surface area contributed by atoms with Gasteiger partial charge in [-0.1, -0.05) is 12.1 Å². The van der Waals surface area contributed by atoms with E-state index in [0.717, 1.165) is 12.1 Å². The number of nitrogens with zero attached hydrogens (tertiary/aromatic N) is 1. The zero-order valence-corrected chi connectivity index (χ0v) is 8.98. The predicted octanol–water partition coefficient (Wildman–Crippen LogP) is 3.25. The second-order valence-corrected chi connectivity index (χ2v) is 3.54. The average molecular weight is 246 g/mol. The smallest absolute Gasteiger partial charge is 0.381 e. The highest BCUT2D eigenvalue weighted by Gasteiger charge is 2.39. The maximum Gasteiger partial charge on any atom is 0.406 e. The molecular weight excluding hydrogens is 236 g/mol. The molecular formula is C11H10F4N2. The zero-order chi connectivity index (χ0) is 13.1. The Kier molecular flexibility index (Phi) is 3.94. The third-order valence-electron chi connectivity index (χ3n) is 2.26. The Labute approximate surface area is 95.9 Å². The van der Waals surface area contributed by atoms with Crippen LogP contribution in [0.2, 0.25) is 0 Å². The summed E-state index contributed by atoms with van der Waals surface area (Å²) in [5.74, 6) is -2.79. The highest BCUT2D eigenvalue weighted by atomic mass is 19.4. The Morgan fingerprint density at radius 2 is 2.06 bits per heavy atom. The van der Waals surface area contributed by atoms with Gasteiger partial charge in [0, 0.05) is 6.54 Å². The van der Waals surface area contributed by atoms with Crippen molar-refractivity contribution in [2.45, 2.75) is 13.1 Å². The number of benzene rings is 1. The van der Waals surface area contributed by atoms with E-state index in [1.54, 1.807) is 13.0 Å². The van der Waals surface area contributed by atoms with Crippen LogP contribution in [0.15, 0.2) is 18.2 Å². The highest BCUT2D eigenvalue weighted by molar-refractivity contribution is 5.51. The van der Waals surface area contributed by atoms with Crippen LogP contribution in [0.5, 0.6) is 0 Å². The van der Waals surface area contributed by atoms with Gasteiger partial charge in [-0.25, -0.2) is 4.39 Å². The van der Waals surface area contributed by atoms with E-state index in [-0.39, 0.29) is 5.69 Å². The van der Waals surface area contributed by atoms with Gasteiger partial charge in [0.25, 0.3) is 0 Å². The van der Waals surface area contributed by atoms with E-state index in [1.807, 2.05) is 0 Å². The van der Waals surface area contributed by atoms with Crippen molar-refractivity contribution >= 4 is 5.69 Å². The molecule has 0 saturated heterocycles. The van der Waals surface area contributed by atoms with Gasteiger partial charge in [0.05, 0.1) is 11.8 Å². The molecule has 0 fully saturated rings. The molecule has 1 rings (SSSR count). The van der Waals surface area contributed by atoms with Gasteiger partial charge < -0.3 is 5.32 Å². The van der Waals surface area contributed by atoms with Gasteiger partial charge in [0.2, 0.25) is 0 Å². The second kappa shape index (κ2) is 5.04. The highest BCUT2D eigenvalue weighted by Crippen LogP contribution is 2.27. The third-order valence-corrected chi connectivity index (χ3v) is 2.26. The number of halogens is 4. The summed E-state index contributed by atoms with van der Waals surface area (Å²) in [5.41, 5.74) is 0.487. The largest absolute Gasteiger partial charge is 0.406 e. The first-order valence-corrected chi connectivity index (χ1v) is 4.81. The van der Waals surface area contributed by atoms with E-state index < -0.39 is 24.5 Å². The van der Waals surface area contributed by atoms with E-state index in [1.165, 1.54) is 6.07 Å². The lowest BCUT2D eigenvalue weighted by atomic mass is 10.1.